The Morgan fingerprint density at radius 3 is 2.73 bits per heavy atom. The van der Waals surface area contributed by atoms with Gasteiger partial charge >= 0.3 is 0 Å². The Bertz CT molecular complexity index is 883. The number of halogens is 1. The first-order valence-corrected chi connectivity index (χ1v) is 8.98. The highest BCUT2D eigenvalue weighted by Crippen LogP contribution is 2.33. The number of carbonyl (C=O) groups excluding carboxylic acids is 1. The second-order valence-electron chi connectivity index (χ2n) is 7.42. The Hall–Kier alpha value is -2.56. The van der Waals surface area contributed by atoms with E-state index in [1.807, 2.05) is 33.8 Å². The van der Waals surface area contributed by atoms with E-state index in [0.29, 0.717) is 24.4 Å². The van der Waals surface area contributed by atoms with Crippen LogP contribution in [0.2, 0.25) is 0 Å². The highest BCUT2D eigenvalue weighted by molar-refractivity contribution is 5.92. The molecule has 5 heteroatoms. The lowest BCUT2D eigenvalue weighted by molar-refractivity contribution is -0.116. The van der Waals surface area contributed by atoms with Crippen LogP contribution in [-0.2, 0) is 17.6 Å². The standard InChI is InChI=1S/C21H24FN3O/c1-12(2)9-18-21(25-19(26)10-13(3)4)24-17-8-5-14-11-15(22)6-7-16(14)20(17)23-18/h6-7,9,11,13H,5,8,10H2,1-4H3,(H,24,25,26). The van der Waals surface area contributed by atoms with Crippen molar-refractivity contribution in [1.29, 1.82) is 0 Å². The van der Waals surface area contributed by atoms with Gasteiger partial charge < -0.3 is 5.32 Å². The van der Waals surface area contributed by atoms with Gasteiger partial charge in [-0.3, -0.25) is 4.79 Å². The number of carbonyl (C=O) groups is 1. The molecule has 4 nitrogen and oxygen atoms in total. The zero-order chi connectivity index (χ0) is 18.8. The lowest BCUT2D eigenvalue weighted by Crippen LogP contribution is -2.18. The van der Waals surface area contributed by atoms with Gasteiger partial charge in [0, 0.05) is 12.0 Å². The molecule has 0 fully saturated rings. The number of fused-ring (bicyclic) bond motifs is 3. The summed E-state index contributed by atoms with van der Waals surface area (Å²) < 4.78 is 13.5. The average Bonchev–Trinajstić information content (AvgIpc) is 2.53. The molecule has 0 spiro atoms. The fourth-order valence-corrected chi connectivity index (χ4v) is 3.15. The van der Waals surface area contributed by atoms with Crippen LogP contribution in [0.25, 0.3) is 17.3 Å². The van der Waals surface area contributed by atoms with Crippen LogP contribution in [0, 0.1) is 11.7 Å². The molecular weight excluding hydrogens is 329 g/mol. The summed E-state index contributed by atoms with van der Waals surface area (Å²) >= 11 is 0. The number of allylic oxidation sites excluding steroid dienone is 1. The zero-order valence-electron chi connectivity index (χ0n) is 15.7. The quantitative estimate of drug-likeness (QED) is 0.860. The van der Waals surface area contributed by atoms with Crippen LogP contribution < -0.4 is 5.32 Å². The first-order valence-electron chi connectivity index (χ1n) is 8.98. The molecule has 3 rings (SSSR count). The van der Waals surface area contributed by atoms with Gasteiger partial charge in [-0.2, -0.15) is 0 Å². The summed E-state index contributed by atoms with van der Waals surface area (Å²) in [7, 11) is 0. The van der Waals surface area contributed by atoms with Crippen molar-refractivity contribution < 1.29 is 9.18 Å². The maximum absolute atomic E-state index is 13.5. The summed E-state index contributed by atoms with van der Waals surface area (Å²) in [5, 5.41) is 2.91. The molecule has 0 saturated heterocycles. The van der Waals surface area contributed by atoms with Crippen LogP contribution in [0.5, 0.6) is 0 Å². The number of hydrogen-bond donors (Lipinski definition) is 1. The SMILES string of the molecule is CC(C)=Cc1nc2c(nc1NC(=O)CC(C)C)CCc1cc(F)ccc1-2. The van der Waals surface area contributed by atoms with Crippen molar-refractivity contribution in [1.82, 2.24) is 9.97 Å². The van der Waals surface area contributed by atoms with Gasteiger partial charge in [0.25, 0.3) is 0 Å². The van der Waals surface area contributed by atoms with Crippen molar-refractivity contribution in [3.05, 3.63) is 46.5 Å². The van der Waals surface area contributed by atoms with Crippen LogP contribution in [0.3, 0.4) is 0 Å². The Kier molecular flexibility index (Phi) is 5.16. The minimum Gasteiger partial charge on any atom is -0.309 e. The van der Waals surface area contributed by atoms with E-state index in [2.05, 4.69) is 5.32 Å². The van der Waals surface area contributed by atoms with Crippen LogP contribution in [0.1, 0.15) is 51.1 Å². The van der Waals surface area contributed by atoms with Gasteiger partial charge in [0.05, 0.1) is 11.4 Å². The minimum absolute atomic E-state index is 0.0593. The third-order valence-corrected chi connectivity index (χ3v) is 4.23. The number of benzene rings is 1. The molecule has 0 bridgehead atoms. The molecule has 0 unspecified atom stereocenters. The predicted molar refractivity (Wildman–Crippen MR) is 102 cm³/mol. The van der Waals surface area contributed by atoms with Crippen LogP contribution >= 0.6 is 0 Å². The lowest BCUT2D eigenvalue weighted by atomic mass is 9.91. The summed E-state index contributed by atoms with van der Waals surface area (Å²) in [6.07, 6.45) is 3.75. The van der Waals surface area contributed by atoms with Gasteiger partial charge in [-0.05, 0) is 62.4 Å². The molecule has 0 saturated carbocycles. The third kappa shape index (κ3) is 3.98. The average molecular weight is 353 g/mol. The molecule has 1 aliphatic rings. The van der Waals surface area contributed by atoms with Crippen LogP contribution in [0.4, 0.5) is 10.2 Å². The van der Waals surface area contributed by atoms with Gasteiger partial charge in [-0.1, -0.05) is 19.4 Å². The number of anilines is 1. The van der Waals surface area contributed by atoms with Crippen molar-refractivity contribution in [3.8, 4) is 11.3 Å². The number of aryl methyl sites for hydroxylation is 2. The molecule has 136 valence electrons. The van der Waals surface area contributed by atoms with Crippen molar-refractivity contribution in [3.63, 3.8) is 0 Å². The molecule has 2 aromatic rings. The van der Waals surface area contributed by atoms with Gasteiger partial charge in [-0.25, -0.2) is 14.4 Å². The molecule has 0 radical (unpaired) electrons. The summed E-state index contributed by atoms with van der Waals surface area (Å²) in [4.78, 5) is 21.7. The smallest absolute Gasteiger partial charge is 0.225 e. The predicted octanol–water partition coefficient (Wildman–Crippen LogP) is 4.79. The van der Waals surface area contributed by atoms with E-state index < -0.39 is 0 Å². The minimum atomic E-state index is -0.234. The van der Waals surface area contributed by atoms with Gasteiger partial charge in [0.2, 0.25) is 5.91 Å². The fourth-order valence-electron chi connectivity index (χ4n) is 3.15. The molecule has 0 atom stereocenters. The van der Waals surface area contributed by atoms with Crippen LogP contribution in [0.15, 0.2) is 23.8 Å². The van der Waals surface area contributed by atoms with Crippen LogP contribution in [-0.4, -0.2) is 15.9 Å². The van der Waals surface area contributed by atoms with E-state index in [1.165, 1.54) is 6.07 Å². The summed E-state index contributed by atoms with van der Waals surface area (Å²) in [6.45, 7) is 7.96. The maximum Gasteiger partial charge on any atom is 0.225 e. The van der Waals surface area contributed by atoms with Gasteiger partial charge in [0.15, 0.2) is 5.82 Å². The molecule has 1 N–H and O–H groups in total. The number of amides is 1. The van der Waals surface area contributed by atoms with Crippen molar-refractivity contribution >= 4 is 17.8 Å². The molecule has 26 heavy (non-hydrogen) atoms. The van der Waals surface area contributed by atoms with E-state index in [-0.39, 0.29) is 17.6 Å². The van der Waals surface area contributed by atoms with Gasteiger partial charge in [0.1, 0.15) is 11.5 Å². The first kappa shape index (κ1) is 18.2. The Labute approximate surface area is 153 Å². The molecule has 1 aliphatic carbocycles. The summed E-state index contributed by atoms with van der Waals surface area (Å²) in [5.41, 5.74) is 5.19. The molecule has 1 heterocycles. The van der Waals surface area contributed by atoms with E-state index in [4.69, 9.17) is 9.97 Å². The van der Waals surface area contributed by atoms with E-state index >= 15 is 0 Å². The maximum atomic E-state index is 13.5. The second-order valence-corrected chi connectivity index (χ2v) is 7.42. The Morgan fingerprint density at radius 2 is 2.04 bits per heavy atom. The van der Waals surface area contributed by atoms with E-state index in [0.717, 1.165) is 34.5 Å². The molecule has 1 amide bonds. The van der Waals surface area contributed by atoms with Gasteiger partial charge in [-0.15, -0.1) is 0 Å². The second kappa shape index (κ2) is 7.36. The number of nitrogens with zero attached hydrogens (tertiary/aromatic N) is 2. The first-order chi connectivity index (χ1) is 12.3. The highest BCUT2D eigenvalue weighted by atomic mass is 19.1. The number of rotatable bonds is 4. The topological polar surface area (TPSA) is 54.9 Å². The van der Waals surface area contributed by atoms with Crippen molar-refractivity contribution in [2.45, 2.75) is 47.0 Å². The normalized spacial score (nSPS) is 12.4. The number of nitrogens with one attached hydrogen (secondary N) is 1. The van der Waals surface area contributed by atoms with Crippen molar-refractivity contribution in [2.75, 3.05) is 5.32 Å². The lowest BCUT2D eigenvalue weighted by Gasteiger charge is -2.20. The Balaban J connectivity index is 2.06. The third-order valence-electron chi connectivity index (χ3n) is 4.23. The molecule has 0 aliphatic heterocycles. The fraction of sp³-hybridized carbons (Fsp3) is 0.381. The molecular formula is C21H24FN3O. The molecule has 1 aromatic heterocycles. The highest BCUT2D eigenvalue weighted by Gasteiger charge is 2.22. The summed E-state index contributed by atoms with van der Waals surface area (Å²) in [6, 6.07) is 4.79. The van der Waals surface area contributed by atoms with Crippen molar-refractivity contribution in [2.24, 2.45) is 5.92 Å². The number of hydrogen-bond acceptors (Lipinski definition) is 3. The monoisotopic (exact) mass is 353 g/mol. The largest absolute Gasteiger partial charge is 0.309 e. The van der Waals surface area contributed by atoms with E-state index in [1.54, 1.807) is 12.1 Å². The summed E-state index contributed by atoms with van der Waals surface area (Å²) in [5.74, 6) is 0.480. The zero-order valence-corrected chi connectivity index (χ0v) is 15.7. The van der Waals surface area contributed by atoms with E-state index in [9.17, 15) is 9.18 Å². The Morgan fingerprint density at radius 1 is 1.27 bits per heavy atom. The molecule has 1 aromatic carbocycles. The number of aromatic nitrogens is 2.